The summed E-state index contributed by atoms with van der Waals surface area (Å²) in [5.41, 5.74) is 3.01. The van der Waals surface area contributed by atoms with Gasteiger partial charge in [0, 0.05) is 19.0 Å². The average Bonchev–Trinajstić information content (AvgIpc) is 2.49. The predicted molar refractivity (Wildman–Crippen MR) is 81.7 cm³/mol. The fourth-order valence-corrected chi connectivity index (χ4v) is 2.92. The van der Waals surface area contributed by atoms with Gasteiger partial charge < -0.3 is 14.8 Å². The minimum absolute atomic E-state index is 0. The van der Waals surface area contributed by atoms with E-state index in [1.165, 1.54) is 0 Å². The van der Waals surface area contributed by atoms with Gasteiger partial charge in [0.25, 0.3) is 0 Å². The zero-order chi connectivity index (χ0) is 13.2. The monoisotopic (exact) mass is 294 g/mol. The highest BCUT2D eigenvalue weighted by Crippen LogP contribution is 2.33. The molecule has 0 radical (unpaired) electrons. The smallest absolute Gasteiger partial charge is 0.118 e. The summed E-state index contributed by atoms with van der Waals surface area (Å²) >= 11 is 0. The van der Waals surface area contributed by atoms with Crippen molar-refractivity contribution < 1.29 is 9.94 Å². The van der Waals surface area contributed by atoms with Gasteiger partial charge in [-0.1, -0.05) is 17.3 Å². The first kappa shape index (κ1) is 14.7. The molecule has 0 saturated carbocycles. The molecule has 0 amide bonds. The van der Waals surface area contributed by atoms with Crippen LogP contribution in [0, 0.1) is 5.92 Å². The third kappa shape index (κ3) is 2.61. The second-order valence-electron chi connectivity index (χ2n) is 5.05. The maximum Gasteiger partial charge on any atom is 0.118 e. The van der Waals surface area contributed by atoms with Gasteiger partial charge in [-0.05, 0) is 36.6 Å². The van der Waals surface area contributed by atoms with Gasteiger partial charge in [0.05, 0.1) is 12.8 Å². The summed E-state index contributed by atoms with van der Waals surface area (Å²) < 4.78 is 5.16. The van der Waals surface area contributed by atoms with Crippen LogP contribution < -0.4 is 4.74 Å². The molecule has 0 spiro atoms. The summed E-state index contributed by atoms with van der Waals surface area (Å²) in [7, 11) is 1.66. The van der Waals surface area contributed by atoms with Crippen molar-refractivity contribution in [1.82, 2.24) is 4.90 Å². The minimum atomic E-state index is 0. The molecule has 5 heteroatoms. The summed E-state index contributed by atoms with van der Waals surface area (Å²) in [5, 5.41) is 12.8. The Morgan fingerprint density at radius 1 is 1.25 bits per heavy atom. The number of nitrogens with zero attached hydrogens (tertiary/aromatic N) is 2. The highest BCUT2D eigenvalue weighted by atomic mass is 35.5. The fourth-order valence-electron chi connectivity index (χ4n) is 2.92. The Kier molecular flexibility index (Phi) is 4.55. The first-order valence-corrected chi connectivity index (χ1v) is 6.65. The number of allylic oxidation sites excluding steroid dienone is 1. The van der Waals surface area contributed by atoms with Crippen LogP contribution in [0.15, 0.2) is 35.1 Å². The lowest BCUT2D eigenvalue weighted by Gasteiger charge is -2.42. The third-order valence-corrected chi connectivity index (χ3v) is 4.01. The van der Waals surface area contributed by atoms with E-state index in [0.717, 1.165) is 48.7 Å². The molecule has 3 saturated heterocycles. The predicted octanol–water partition coefficient (Wildman–Crippen LogP) is 3.01. The van der Waals surface area contributed by atoms with E-state index in [1.807, 2.05) is 24.3 Å². The van der Waals surface area contributed by atoms with Gasteiger partial charge in [0.1, 0.15) is 11.5 Å². The normalized spacial score (nSPS) is 22.1. The Labute approximate surface area is 125 Å². The molecule has 1 aromatic rings. The van der Waals surface area contributed by atoms with Crippen molar-refractivity contribution in [2.75, 3.05) is 20.2 Å². The Morgan fingerprint density at radius 3 is 2.45 bits per heavy atom. The molecule has 1 N–H and O–H groups in total. The molecule has 20 heavy (non-hydrogen) atoms. The molecule has 4 rings (SSSR count). The van der Waals surface area contributed by atoms with Crippen molar-refractivity contribution in [2.24, 2.45) is 11.1 Å². The fraction of sp³-hybridized carbons (Fsp3) is 0.400. The number of methoxy groups -OCH3 is 1. The van der Waals surface area contributed by atoms with Gasteiger partial charge >= 0.3 is 0 Å². The first-order chi connectivity index (χ1) is 9.31. The number of rotatable bonds is 2. The van der Waals surface area contributed by atoms with Crippen LogP contribution in [-0.2, 0) is 0 Å². The van der Waals surface area contributed by atoms with Gasteiger partial charge in [-0.3, -0.25) is 0 Å². The number of fused-ring (bicyclic) bond motifs is 3. The summed E-state index contributed by atoms with van der Waals surface area (Å²) in [5.74, 6) is 1.27. The van der Waals surface area contributed by atoms with E-state index in [-0.39, 0.29) is 12.4 Å². The van der Waals surface area contributed by atoms with Crippen LogP contribution in [0.1, 0.15) is 18.4 Å². The van der Waals surface area contributed by atoms with Gasteiger partial charge in [0.2, 0.25) is 0 Å². The molecular weight excluding hydrogens is 276 g/mol. The average molecular weight is 295 g/mol. The van der Waals surface area contributed by atoms with E-state index < -0.39 is 0 Å². The van der Waals surface area contributed by atoms with Crippen molar-refractivity contribution in [3.8, 4) is 5.75 Å². The second kappa shape index (κ2) is 6.18. The van der Waals surface area contributed by atoms with Crippen molar-refractivity contribution in [3.63, 3.8) is 0 Å². The largest absolute Gasteiger partial charge is 0.497 e. The quantitative estimate of drug-likeness (QED) is 0.674. The van der Waals surface area contributed by atoms with E-state index >= 15 is 0 Å². The molecule has 3 heterocycles. The van der Waals surface area contributed by atoms with E-state index in [2.05, 4.69) is 16.1 Å². The number of hydrogen-bond donors (Lipinski definition) is 1. The van der Waals surface area contributed by atoms with Crippen LogP contribution in [0.5, 0.6) is 5.75 Å². The second-order valence-corrected chi connectivity index (χ2v) is 5.05. The van der Waals surface area contributed by atoms with Crippen LogP contribution in [0.3, 0.4) is 0 Å². The van der Waals surface area contributed by atoms with Crippen molar-refractivity contribution in [3.05, 3.63) is 35.5 Å². The number of oxime groups is 1. The minimum Gasteiger partial charge on any atom is -0.497 e. The summed E-state index contributed by atoms with van der Waals surface area (Å²) in [4.78, 5) is 2.30. The van der Waals surface area contributed by atoms with Gasteiger partial charge in [-0.2, -0.15) is 0 Å². The molecule has 3 aliphatic rings. The maximum atomic E-state index is 9.24. The highest BCUT2D eigenvalue weighted by molar-refractivity contribution is 6.05. The Morgan fingerprint density at radius 2 is 1.90 bits per heavy atom. The zero-order valence-electron chi connectivity index (χ0n) is 11.5. The molecule has 2 bridgehead atoms. The lowest BCUT2D eigenvalue weighted by Crippen LogP contribution is -2.46. The number of halogens is 1. The topological polar surface area (TPSA) is 45.1 Å². The Hall–Kier alpha value is -1.68. The van der Waals surface area contributed by atoms with E-state index in [1.54, 1.807) is 7.11 Å². The van der Waals surface area contributed by atoms with Crippen molar-refractivity contribution >= 4 is 24.2 Å². The molecule has 4 nitrogen and oxygen atoms in total. The van der Waals surface area contributed by atoms with E-state index in [0.29, 0.717) is 5.92 Å². The molecule has 0 aliphatic carbocycles. The zero-order valence-corrected chi connectivity index (χ0v) is 12.3. The Balaban J connectivity index is 0.00000147. The molecule has 0 atom stereocenters. The van der Waals surface area contributed by atoms with E-state index in [9.17, 15) is 5.21 Å². The number of hydrogen-bond acceptors (Lipinski definition) is 4. The number of benzene rings is 1. The highest BCUT2D eigenvalue weighted by Gasteiger charge is 2.35. The van der Waals surface area contributed by atoms with Crippen LogP contribution in [-0.4, -0.2) is 36.0 Å². The summed E-state index contributed by atoms with van der Waals surface area (Å²) in [6, 6.07) is 7.92. The van der Waals surface area contributed by atoms with Crippen LogP contribution in [0.25, 0.3) is 6.08 Å². The lowest BCUT2D eigenvalue weighted by atomic mass is 9.83. The maximum absolute atomic E-state index is 9.24. The van der Waals surface area contributed by atoms with Gasteiger partial charge in [-0.25, -0.2) is 0 Å². The van der Waals surface area contributed by atoms with Crippen LogP contribution >= 0.6 is 12.4 Å². The lowest BCUT2D eigenvalue weighted by molar-refractivity contribution is 0.229. The van der Waals surface area contributed by atoms with Gasteiger partial charge in [0.15, 0.2) is 0 Å². The molecule has 3 aliphatic heterocycles. The van der Waals surface area contributed by atoms with Gasteiger partial charge in [-0.15, -0.1) is 12.4 Å². The van der Waals surface area contributed by atoms with E-state index in [4.69, 9.17) is 4.74 Å². The van der Waals surface area contributed by atoms with Crippen molar-refractivity contribution in [2.45, 2.75) is 12.8 Å². The molecule has 0 aromatic heterocycles. The first-order valence-electron chi connectivity index (χ1n) is 6.65. The van der Waals surface area contributed by atoms with Crippen LogP contribution in [0.2, 0.25) is 0 Å². The SMILES string of the molecule is COc1ccc(/C=C2/C(=N\O)C3CCN2CC3)cc1.Cl. The third-order valence-electron chi connectivity index (χ3n) is 4.01. The molecule has 1 aromatic carbocycles. The number of piperidine rings is 3. The summed E-state index contributed by atoms with van der Waals surface area (Å²) in [6.07, 6.45) is 4.29. The molecular formula is C15H19ClN2O2. The molecule has 0 unspecified atom stereocenters. The standard InChI is InChI=1S/C15H18N2O2.ClH/c1-19-13-4-2-11(3-5-13)10-14-15(16-18)12-6-8-17(14)9-7-12;/h2-5,10,12,18H,6-9H2,1H3;1H/b14-10-,16-15-;. The van der Waals surface area contributed by atoms with Crippen LogP contribution in [0.4, 0.5) is 0 Å². The molecule has 3 fully saturated rings. The molecule has 108 valence electrons. The summed E-state index contributed by atoms with van der Waals surface area (Å²) in [6.45, 7) is 2.12. The van der Waals surface area contributed by atoms with Crippen molar-refractivity contribution in [1.29, 1.82) is 0 Å². The Bertz CT molecular complexity index is 517. The number of ether oxygens (including phenoxy) is 1.